The number of nitrogens with zero attached hydrogens (tertiary/aromatic N) is 2. The fourth-order valence-corrected chi connectivity index (χ4v) is 0.249. The monoisotopic (exact) mass is 162 g/mol. The molecule has 5 nitrogen and oxygen atoms in total. The molecule has 0 fully saturated rings. The third-order valence-electron chi connectivity index (χ3n) is 0.603. The number of carbonyl (C=O) groups is 1. The van der Waals surface area contributed by atoms with E-state index >= 15 is 0 Å². The molecule has 11 heavy (non-hydrogen) atoms. The molecule has 0 atom stereocenters. The van der Waals surface area contributed by atoms with Gasteiger partial charge in [-0.1, -0.05) is 20.3 Å². The van der Waals surface area contributed by atoms with E-state index in [0.717, 1.165) is 10.0 Å². The Hall–Kier alpha value is -0.810. The molecule has 0 aromatic rings. The Morgan fingerprint density at radius 2 is 1.36 bits per heavy atom. The predicted molar refractivity (Wildman–Crippen MR) is 45.3 cm³/mol. The van der Waals surface area contributed by atoms with Crippen LogP contribution in [0.5, 0.6) is 0 Å². The smallest absolute Gasteiger partial charge is 0.264 e. The van der Waals surface area contributed by atoms with Gasteiger partial charge in [-0.15, -0.1) is 0 Å². The summed E-state index contributed by atoms with van der Waals surface area (Å²) in [6.07, 6.45) is 1.25. The third kappa shape index (κ3) is 9.19. The second-order valence-electron chi connectivity index (χ2n) is 2.21. The molecule has 0 radical (unpaired) electrons. The molecule has 0 heterocycles. The number of hydrogen-bond donors (Lipinski definition) is 2. The van der Waals surface area contributed by atoms with Crippen LogP contribution >= 0.6 is 0 Å². The van der Waals surface area contributed by atoms with Crippen LogP contribution in [0.2, 0.25) is 0 Å². The van der Waals surface area contributed by atoms with Crippen molar-refractivity contribution in [3.8, 4) is 0 Å². The van der Waals surface area contributed by atoms with Crippen LogP contribution < -0.4 is 11.7 Å². The van der Waals surface area contributed by atoms with Gasteiger partial charge in [0.1, 0.15) is 0 Å². The minimum Gasteiger partial charge on any atom is -0.264 e. The number of nitrogens with two attached hydrogens (primary N) is 2. The maximum atomic E-state index is 10.4. The Balaban J connectivity index is 0. The summed E-state index contributed by atoms with van der Waals surface area (Å²) in [6.45, 7) is 4.25. The Labute approximate surface area is 67.9 Å². The average molecular weight is 162 g/mol. The van der Waals surface area contributed by atoms with Crippen LogP contribution in [0.25, 0.3) is 0 Å². The van der Waals surface area contributed by atoms with Crippen molar-refractivity contribution in [3.63, 3.8) is 0 Å². The minimum atomic E-state index is -0.426. The summed E-state index contributed by atoms with van der Waals surface area (Å²) in [5, 5.41) is 1.81. The summed E-state index contributed by atoms with van der Waals surface area (Å²) in [5.41, 5.74) is 0. The molecule has 0 rings (SSSR count). The van der Waals surface area contributed by atoms with Gasteiger partial charge < -0.3 is 0 Å². The van der Waals surface area contributed by atoms with Gasteiger partial charge >= 0.3 is 6.03 Å². The highest BCUT2D eigenvalue weighted by Crippen LogP contribution is 1.77. The van der Waals surface area contributed by atoms with Crippen LogP contribution in [-0.2, 0) is 0 Å². The van der Waals surface area contributed by atoms with Gasteiger partial charge in [-0.05, 0) is 0 Å². The summed E-state index contributed by atoms with van der Waals surface area (Å²) in [7, 11) is 2.84. The van der Waals surface area contributed by atoms with E-state index in [2.05, 4.69) is 13.8 Å². The van der Waals surface area contributed by atoms with E-state index in [1.54, 1.807) is 0 Å². The normalized spacial score (nSPS) is 7.82. The fraction of sp³-hybridized carbons (Fsp3) is 0.833. The lowest BCUT2D eigenvalue weighted by Crippen LogP contribution is -2.45. The number of hydrazine groups is 2. The highest BCUT2D eigenvalue weighted by molar-refractivity contribution is 5.72. The van der Waals surface area contributed by atoms with Gasteiger partial charge in [0, 0.05) is 14.1 Å². The summed E-state index contributed by atoms with van der Waals surface area (Å²) < 4.78 is 0. The van der Waals surface area contributed by atoms with E-state index in [4.69, 9.17) is 11.7 Å². The molecular formula is C6H18N4O. The Morgan fingerprint density at radius 1 is 1.18 bits per heavy atom. The number of hydrogen-bond acceptors (Lipinski definition) is 3. The minimum absolute atomic E-state index is 0.426. The molecule has 0 saturated heterocycles. The molecule has 0 aliphatic carbocycles. The molecule has 0 spiro atoms. The lowest BCUT2D eigenvalue weighted by Gasteiger charge is -2.15. The molecule has 5 heteroatoms. The highest BCUT2D eigenvalue weighted by Gasteiger charge is 2.04. The van der Waals surface area contributed by atoms with E-state index in [9.17, 15) is 4.79 Å². The van der Waals surface area contributed by atoms with Crippen molar-refractivity contribution in [2.45, 2.75) is 20.3 Å². The molecule has 0 bridgehead atoms. The number of amides is 2. The van der Waals surface area contributed by atoms with Crippen molar-refractivity contribution in [1.29, 1.82) is 0 Å². The first-order chi connectivity index (χ1) is 4.97. The zero-order chi connectivity index (χ0) is 9.44. The molecule has 0 saturated carbocycles. The molecule has 2 amide bonds. The van der Waals surface area contributed by atoms with E-state index in [1.807, 2.05) is 0 Å². The van der Waals surface area contributed by atoms with Crippen LogP contribution in [0, 0.1) is 0 Å². The standard InChI is InChI=1S/C3H10N4O.C3H8/c1-6(4)3(8)7(2)5;1-3-2/h4-5H2,1-2H3;3H2,1-2H3. The topological polar surface area (TPSA) is 75.6 Å². The van der Waals surface area contributed by atoms with Gasteiger partial charge in [0.2, 0.25) is 0 Å². The van der Waals surface area contributed by atoms with Crippen LogP contribution in [0.4, 0.5) is 4.79 Å². The number of carbonyl (C=O) groups excluding carboxylic acids is 1. The van der Waals surface area contributed by atoms with Crippen LogP contribution in [0.1, 0.15) is 20.3 Å². The zero-order valence-corrected chi connectivity index (χ0v) is 7.66. The lowest BCUT2D eigenvalue weighted by molar-refractivity contribution is 0.175. The van der Waals surface area contributed by atoms with E-state index in [0.29, 0.717) is 0 Å². The van der Waals surface area contributed by atoms with Gasteiger partial charge in [0.25, 0.3) is 0 Å². The lowest BCUT2D eigenvalue weighted by atomic mass is 10.6. The molecule has 68 valence electrons. The summed E-state index contributed by atoms with van der Waals surface area (Å²) in [5.74, 6) is 10.00. The van der Waals surface area contributed by atoms with Crippen LogP contribution in [0.15, 0.2) is 0 Å². The van der Waals surface area contributed by atoms with Gasteiger partial charge in [-0.25, -0.2) is 16.5 Å². The zero-order valence-electron chi connectivity index (χ0n) is 7.66. The van der Waals surface area contributed by atoms with E-state index in [1.165, 1.54) is 20.5 Å². The maximum Gasteiger partial charge on any atom is 0.347 e. The first kappa shape index (κ1) is 12.8. The van der Waals surface area contributed by atoms with Crippen molar-refractivity contribution in [2.75, 3.05) is 14.1 Å². The third-order valence-corrected chi connectivity index (χ3v) is 0.603. The maximum absolute atomic E-state index is 10.4. The van der Waals surface area contributed by atoms with Gasteiger partial charge in [0.15, 0.2) is 0 Å². The first-order valence-electron chi connectivity index (χ1n) is 3.48. The van der Waals surface area contributed by atoms with Crippen molar-refractivity contribution in [3.05, 3.63) is 0 Å². The first-order valence-corrected chi connectivity index (χ1v) is 3.48. The largest absolute Gasteiger partial charge is 0.347 e. The molecule has 0 aliphatic rings. The Kier molecular flexibility index (Phi) is 8.51. The predicted octanol–water partition coefficient (Wildman–Crippen LogP) is 0.134. The van der Waals surface area contributed by atoms with Crippen molar-refractivity contribution in [2.24, 2.45) is 11.7 Å². The summed E-state index contributed by atoms with van der Waals surface area (Å²) in [4.78, 5) is 10.4. The molecule has 0 aromatic carbocycles. The van der Waals surface area contributed by atoms with Gasteiger partial charge in [0.05, 0.1) is 0 Å². The Bertz CT molecular complexity index is 92.8. The molecular weight excluding hydrogens is 144 g/mol. The quantitative estimate of drug-likeness (QED) is 0.302. The van der Waals surface area contributed by atoms with Crippen molar-refractivity contribution < 1.29 is 4.79 Å². The van der Waals surface area contributed by atoms with E-state index in [-0.39, 0.29) is 0 Å². The fourth-order valence-electron chi connectivity index (χ4n) is 0.249. The van der Waals surface area contributed by atoms with Crippen molar-refractivity contribution in [1.82, 2.24) is 10.0 Å². The molecule has 0 aliphatic heterocycles. The van der Waals surface area contributed by atoms with Crippen LogP contribution in [-0.4, -0.2) is 30.1 Å². The molecule has 4 N–H and O–H groups in total. The summed E-state index contributed by atoms with van der Waals surface area (Å²) in [6, 6.07) is -0.426. The molecule has 0 aromatic heterocycles. The second kappa shape index (κ2) is 7.30. The van der Waals surface area contributed by atoms with Gasteiger partial charge in [-0.2, -0.15) is 0 Å². The van der Waals surface area contributed by atoms with E-state index < -0.39 is 6.03 Å². The molecule has 0 unspecified atom stereocenters. The second-order valence-corrected chi connectivity index (χ2v) is 2.21. The SMILES string of the molecule is CCC.CN(N)C(=O)N(C)N. The number of urea groups is 1. The van der Waals surface area contributed by atoms with Crippen LogP contribution in [0.3, 0.4) is 0 Å². The number of rotatable bonds is 0. The van der Waals surface area contributed by atoms with Crippen molar-refractivity contribution >= 4 is 6.03 Å². The highest BCUT2D eigenvalue weighted by atomic mass is 16.2. The van der Waals surface area contributed by atoms with Gasteiger partial charge in [-0.3, -0.25) is 10.0 Å². The summed E-state index contributed by atoms with van der Waals surface area (Å²) >= 11 is 0. The average Bonchev–Trinajstić information content (AvgIpc) is 1.87. The Morgan fingerprint density at radius 3 is 1.36 bits per heavy atom.